The van der Waals surface area contributed by atoms with Crippen molar-refractivity contribution in [2.24, 2.45) is 0 Å². The van der Waals surface area contributed by atoms with Gasteiger partial charge in [0.1, 0.15) is 6.54 Å². The highest BCUT2D eigenvalue weighted by Gasteiger charge is 2.25. The van der Waals surface area contributed by atoms with Gasteiger partial charge in [-0.2, -0.15) is 0 Å². The third-order valence-electron chi connectivity index (χ3n) is 5.01. The van der Waals surface area contributed by atoms with Gasteiger partial charge in [-0.1, -0.05) is 18.2 Å². The molecule has 1 aromatic carbocycles. The van der Waals surface area contributed by atoms with Gasteiger partial charge in [-0.3, -0.25) is 4.79 Å². The molecule has 0 aliphatic carbocycles. The summed E-state index contributed by atoms with van der Waals surface area (Å²) in [6.45, 7) is 4.10. The number of rotatable bonds is 3. The van der Waals surface area contributed by atoms with E-state index in [0.717, 1.165) is 37.1 Å². The van der Waals surface area contributed by atoms with Gasteiger partial charge in [0.15, 0.2) is 0 Å². The number of hydrogen-bond acceptors (Lipinski definition) is 2. The number of carbonyl (C=O) groups is 1. The van der Waals surface area contributed by atoms with Gasteiger partial charge in [-0.15, -0.1) is 0 Å². The van der Waals surface area contributed by atoms with E-state index in [1.54, 1.807) is 6.20 Å². The van der Waals surface area contributed by atoms with Crippen LogP contribution in [0.3, 0.4) is 0 Å². The summed E-state index contributed by atoms with van der Waals surface area (Å²) in [4.78, 5) is 19.0. The number of para-hydroxylation sites is 1. The first-order valence-corrected chi connectivity index (χ1v) is 8.52. The van der Waals surface area contributed by atoms with E-state index >= 15 is 0 Å². The van der Waals surface area contributed by atoms with Gasteiger partial charge in [-0.25, -0.2) is 4.98 Å². The second-order valence-electron chi connectivity index (χ2n) is 6.58. The van der Waals surface area contributed by atoms with Gasteiger partial charge < -0.3 is 14.0 Å². The van der Waals surface area contributed by atoms with Crippen molar-refractivity contribution < 1.29 is 4.79 Å². The summed E-state index contributed by atoms with van der Waals surface area (Å²) in [6, 6.07) is 10.7. The average molecular weight is 322 g/mol. The Morgan fingerprint density at radius 1 is 1.33 bits per heavy atom. The van der Waals surface area contributed by atoms with E-state index in [2.05, 4.69) is 39.2 Å². The number of aromatic nitrogens is 3. The standard InChI is InChI=1S/C19H22N4O/c1-15-11-16-5-2-3-7-18(16)23(15)13-19(24)21-9-4-6-17(12-21)22-10-8-20-14-22/h2-3,5,7-8,10-11,14,17H,4,6,9,12-13H2,1H3/t17-/m1/s1. The predicted molar refractivity (Wildman–Crippen MR) is 93.8 cm³/mol. The molecule has 1 fully saturated rings. The number of aryl methyl sites for hydroxylation is 1. The molecule has 5 heteroatoms. The van der Waals surface area contributed by atoms with E-state index in [1.165, 1.54) is 5.39 Å². The van der Waals surface area contributed by atoms with Crippen molar-refractivity contribution in [2.45, 2.75) is 32.4 Å². The van der Waals surface area contributed by atoms with Gasteiger partial charge in [0, 0.05) is 36.7 Å². The molecule has 24 heavy (non-hydrogen) atoms. The number of amides is 1. The normalized spacial score (nSPS) is 18.2. The number of fused-ring (bicyclic) bond motifs is 1. The maximum absolute atomic E-state index is 12.9. The fourth-order valence-corrected chi connectivity index (χ4v) is 3.70. The molecule has 3 aromatic rings. The van der Waals surface area contributed by atoms with Crippen LogP contribution in [0.25, 0.3) is 10.9 Å². The first-order valence-electron chi connectivity index (χ1n) is 8.52. The second kappa shape index (κ2) is 6.15. The Morgan fingerprint density at radius 3 is 3.04 bits per heavy atom. The van der Waals surface area contributed by atoms with Crippen molar-refractivity contribution in [1.29, 1.82) is 0 Å². The summed E-state index contributed by atoms with van der Waals surface area (Å²) in [5.41, 5.74) is 2.26. The van der Waals surface area contributed by atoms with Crippen LogP contribution in [0, 0.1) is 6.92 Å². The number of nitrogens with zero attached hydrogens (tertiary/aromatic N) is 4. The minimum absolute atomic E-state index is 0.198. The Morgan fingerprint density at radius 2 is 2.21 bits per heavy atom. The lowest BCUT2D eigenvalue weighted by molar-refractivity contribution is -0.133. The van der Waals surface area contributed by atoms with Crippen LogP contribution in [0.1, 0.15) is 24.6 Å². The van der Waals surface area contributed by atoms with Crippen LogP contribution >= 0.6 is 0 Å². The number of likely N-dealkylation sites (tertiary alicyclic amines) is 1. The third-order valence-corrected chi connectivity index (χ3v) is 5.01. The lowest BCUT2D eigenvalue weighted by atomic mass is 10.1. The highest BCUT2D eigenvalue weighted by Crippen LogP contribution is 2.23. The molecule has 4 rings (SSSR count). The van der Waals surface area contributed by atoms with Gasteiger partial charge in [0.2, 0.25) is 5.91 Å². The minimum Gasteiger partial charge on any atom is -0.339 e. The van der Waals surface area contributed by atoms with Gasteiger partial charge >= 0.3 is 0 Å². The van der Waals surface area contributed by atoms with Crippen LogP contribution in [0.4, 0.5) is 0 Å². The molecule has 1 aliphatic heterocycles. The molecule has 0 saturated carbocycles. The molecule has 124 valence electrons. The van der Waals surface area contributed by atoms with Crippen molar-refractivity contribution in [3.8, 4) is 0 Å². The van der Waals surface area contributed by atoms with Crippen molar-refractivity contribution in [3.63, 3.8) is 0 Å². The molecule has 1 saturated heterocycles. The summed E-state index contributed by atoms with van der Waals surface area (Å²) in [6.07, 6.45) is 7.78. The SMILES string of the molecule is Cc1cc2ccccc2n1CC(=O)N1CCC[C@@H](n2ccnc2)C1. The molecule has 0 unspecified atom stereocenters. The van der Waals surface area contributed by atoms with Crippen LogP contribution < -0.4 is 0 Å². The van der Waals surface area contributed by atoms with Crippen molar-refractivity contribution in [3.05, 3.63) is 54.7 Å². The Balaban J connectivity index is 1.52. The van der Waals surface area contributed by atoms with E-state index in [4.69, 9.17) is 0 Å². The largest absolute Gasteiger partial charge is 0.339 e. The van der Waals surface area contributed by atoms with Gasteiger partial charge in [-0.05, 0) is 37.3 Å². The Bertz CT molecular complexity index is 850. The molecule has 0 spiro atoms. The third kappa shape index (κ3) is 2.70. The van der Waals surface area contributed by atoms with Crippen molar-refractivity contribution in [2.75, 3.05) is 13.1 Å². The lowest BCUT2D eigenvalue weighted by Gasteiger charge is -2.33. The quantitative estimate of drug-likeness (QED) is 0.744. The fourth-order valence-electron chi connectivity index (χ4n) is 3.70. The molecule has 0 bridgehead atoms. The van der Waals surface area contributed by atoms with Crippen LogP contribution in [-0.4, -0.2) is 38.0 Å². The Hall–Kier alpha value is -2.56. The molecule has 5 nitrogen and oxygen atoms in total. The predicted octanol–water partition coefficient (Wildman–Crippen LogP) is 3.01. The number of carbonyl (C=O) groups excluding carboxylic acids is 1. The topological polar surface area (TPSA) is 43.1 Å². The molecule has 3 heterocycles. The Labute approximate surface area is 141 Å². The van der Waals surface area contributed by atoms with E-state index in [0.29, 0.717) is 12.6 Å². The zero-order chi connectivity index (χ0) is 16.5. The zero-order valence-electron chi connectivity index (χ0n) is 13.9. The lowest BCUT2D eigenvalue weighted by Crippen LogP contribution is -2.42. The summed E-state index contributed by atoms with van der Waals surface area (Å²) in [7, 11) is 0. The Kier molecular flexibility index (Phi) is 3.84. The fraction of sp³-hybridized carbons (Fsp3) is 0.368. The van der Waals surface area contributed by atoms with E-state index < -0.39 is 0 Å². The highest BCUT2D eigenvalue weighted by atomic mass is 16.2. The summed E-state index contributed by atoms with van der Waals surface area (Å²) < 4.78 is 4.24. The first kappa shape index (κ1) is 15.0. The minimum atomic E-state index is 0.198. The number of piperidine rings is 1. The molecule has 1 aliphatic rings. The van der Waals surface area contributed by atoms with Gasteiger partial charge in [0.05, 0.1) is 12.4 Å². The van der Waals surface area contributed by atoms with Crippen LogP contribution in [-0.2, 0) is 11.3 Å². The van der Waals surface area contributed by atoms with Crippen LogP contribution in [0.2, 0.25) is 0 Å². The molecule has 1 amide bonds. The maximum Gasteiger partial charge on any atom is 0.242 e. The molecule has 0 radical (unpaired) electrons. The molecular formula is C19H22N4O. The van der Waals surface area contributed by atoms with Crippen LogP contribution in [0.5, 0.6) is 0 Å². The van der Waals surface area contributed by atoms with Crippen molar-refractivity contribution in [1.82, 2.24) is 19.0 Å². The number of hydrogen-bond donors (Lipinski definition) is 0. The molecular weight excluding hydrogens is 300 g/mol. The first-order chi connectivity index (χ1) is 11.7. The van der Waals surface area contributed by atoms with E-state index in [-0.39, 0.29) is 5.91 Å². The van der Waals surface area contributed by atoms with E-state index in [1.807, 2.05) is 29.6 Å². The summed E-state index contributed by atoms with van der Waals surface area (Å²) in [5.74, 6) is 0.198. The van der Waals surface area contributed by atoms with E-state index in [9.17, 15) is 4.79 Å². The number of imidazole rings is 1. The smallest absolute Gasteiger partial charge is 0.242 e. The van der Waals surface area contributed by atoms with Gasteiger partial charge in [0.25, 0.3) is 0 Å². The number of benzene rings is 1. The monoisotopic (exact) mass is 322 g/mol. The zero-order valence-corrected chi connectivity index (χ0v) is 13.9. The maximum atomic E-state index is 12.9. The molecule has 2 aromatic heterocycles. The van der Waals surface area contributed by atoms with Crippen LogP contribution in [0.15, 0.2) is 49.1 Å². The summed E-state index contributed by atoms with van der Waals surface area (Å²) in [5, 5.41) is 1.19. The molecule has 1 atom stereocenters. The summed E-state index contributed by atoms with van der Waals surface area (Å²) >= 11 is 0. The van der Waals surface area contributed by atoms with Crippen molar-refractivity contribution >= 4 is 16.8 Å². The second-order valence-corrected chi connectivity index (χ2v) is 6.58. The average Bonchev–Trinajstić information content (AvgIpc) is 3.24. The highest BCUT2D eigenvalue weighted by molar-refractivity contribution is 5.84. The molecule has 0 N–H and O–H groups in total.